The van der Waals surface area contributed by atoms with Gasteiger partial charge in [-0.1, -0.05) is 0 Å². The molecule has 0 aliphatic carbocycles. The largest absolute Gasteiger partial charge is 0.480 e. The van der Waals surface area contributed by atoms with Gasteiger partial charge in [0.25, 0.3) is 0 Å². The Balaban J connectivity index is 2.54. The van der Waals surface area contributed by atoms with E-state index >= 15 is 0 Å². The van der Waals surface area contributed by atoms with E-state index in [9.17, 15) is 9.59 Å². The Morgan fingerprint density at radius 1 is 1.42 bits per heavy atom. The van der Waals surface area contributed by atoms with Crippen molar-refractivity contribution in [1.29, 1.82) is 0 Å². The Labute approximate surface area is 114 Å². The van der Waals surface area contributed by atoms with Crippen LogP contribution >= 0.6 is 0 Å². The van der Waals surface area contributed by atoms with E-state index in [-0.39, 0.29) is 6.03 Å². The molecular formula is C13H24N2O4. The van der Waals surface area contributed by atoms with Crippen LogP contribution in [0.3, 0.4) is 0 Å². The zero-order valence-electron chi connectivity index (χ0n) is 11.9. The Kier molecular flexibility index (Phi) is 5.60. The van der Waals surface area contributed by atoms with Gasteiger partial charge in [0.15, 0.2) is 0 Å². The van der Waals surface area contributed by atoms with Gasteiger partial charge >= 0.3 is 12.0 Å². The molecule has 6 nitrogen and oxygen atoms in total. The number of hydrogen-bond donors (Lipinski definition) is 2. The number of urea groups is 1. The van der Waals surface area contributed by atoms with E-state index in [4.69, 9.17) is 9.84 Å². The van der Waals surface area contributed by atoms with Crippen molar-refractivity contribution >= 4 is 12.0 Å². The first-order chi connectivity index (χ1) is 8.87. The fourth-order valence-electron chi connectivity index (χ4n) is 2.26. The van der Waals surface area contributed by atoms with E-state index in [1.807, 2.05) is 20.8 Å². The molecule has 0 radical (unpaired) electrons. The van der Waals surface area contributed by atoms with Crippen LogP contribution in [-0.2, 0) is 9.53 Å². The van der Waals surface area contributed by atoms with E-state index in [0.29, 0.717) is 26.1 Å². The van der Waals surface area contributed by atoms with Gasteiger partial charge in [-0.3, -0.25) is 0 Å². The van der Waals surface area contributed by atoms with Gasteiger partial charge in [0, 0.05) is 19.7 Å². The standard InChI is InChI=1S/C13H24N2O4/c1-4-19-13(2,3)9-14-12(18)15-8-6-5-7-10(15)11(16)17/h10H,4-9H2,1-3H3,(H,14,18)(H,16,17). The van der Waals surface area contributed by atoms with E-state index in [2.05, 4.69) is 5.32 Å². The van der Waals surface area contributed by atoms with Crippen LogP contribution in [0.5, 0.6) is 0 Å². The number of hydrogen-bond acceptors (Lipinski definition) is 3. The molecule has 1 atom stereocenters. The average Bonchev–Trinajstić information content (AvgIpc) is 2.36. The SMILES string of the molecule is CCOC(C)(C)CNC(=O)N1CCCCC1C(=O)O. The van der Waals surface area contributed by atoms with Crippen molar-refractivity contribution in [2.45, 2.75) is 51.7 Å². The lowest BCUT2D eigenvalue weighted by Gasteiger charge is -2.34. The summed E-state index contributed by atoms with van der Waals surface area (Å²) in [6, 6.07) is -1.02. The van der Waals surface area contributed by atoms with E-state index < -0.39 is 17.6 Å². The highest BCUT2D eigenvalue weighted by molar-refractivity contribution is 5.82. The molecule has 19 heavy (non-hydrogen) atoms. The third kappa shape index (κ3) is 4.70. The van der Waals surface area contributed by atoms with Gasteiger partial charge in [0.05, 0.1) is 5.60 Å². The zero-order valence-corrected chi connectivity index (χ0v) is 11.9. The summed E-state index contributed by atoms with van der Waals surface area (Å²) in [4.78, 5) is 24.6. The monoisotopic (exact) mass is 272 g/mol. The Bertz CT molecular complexity index is 331. The predicted octanol–water partition coefficient (Wildman–Crippen LogP) is 1.45. The van der Waals surface area contributed by atoms with E-state index in [0.717, 1.165) is 12.8 Å². The van der Waals surface area contributed by atoms with Crippen LogP contribution in [0.25, 0.3) is 0 Å². The van der Waals surface area contributed by atoms with Crippen molar-refractivity contribution in [2.24, 2.45) is 0 Å². The van der Waals surface area contributed by atoms with Gasteiger partial charge in [-0.2, -0.15) is 0 Å². The fraction of sp³-hybridized carbons (Fsp3) is 0.846. The topological polar surface area (TPSA) is 78.9 Å². The minimum atomic E-state index is -0.932. The zero-order chi connectivity index (χ0) is 14.5. The summed E-state index contributed by atoms with van der Waals surface area (Å²) in [6.45, 7) is 7.11. The summed E-state index contributed by atoms with van der Waals surface area (Å²) in [5.41, 5.74) is -0.446. The number of carbonyl (C=O) groups excluding carboxylic acids is 1. The third-order valence-corrected chi connectivity index (χ3v) is 3.25. The number of aliphatic carboxylic acids is 1. The number of piperidine rings is 1. The first-order valence-corrected chi connectivity index (χ1v) is 6.78. The number of carbonyl (C=O) groups is 2. The number of rotatable bonds is 5. The smallest absolute Gasteiger partial charge is 0.326 e. The quantitative estimate of drug-likeness (QED) is 0.794. The summed E-state index contributed by atoms with van der Waals surface area (Å²) in [5, 5.41) is 11.9. The number of likely N-dealkylation sites (tertiary alicyclic amines) is 1. The summed E-state index contributed by atoms with van der Waals surface area (Å²) < 4.78 is 5.49. The van der Waals surface area contributed by atoms with Gasteiger partial charge in [-0.15, -0.1) is 0 Å². The average molecular weight is 272 g/mol. The second kappa shape index (κ2) is 6.75. The van der Waals surface area contributed by atoms with Crippen molar-refractivity contribution in [3.63, 3.8) is 0 Å². The van der Waals surface area contributed by atoms with E-state index in [1.165, 1.54) is 4.90 Å². The molecule has 1 aliphatic rings. The Morgan fingerprint density at radius 2 is 2.11 bits per heavy atom. The van der Waals surface area contributed by atoms with Crippen molar-refractivity contribution in [1.82, 2.24) is 10.2 Å². The molecular weight excluding hydrogens is 248 g/mol. The van der Waals surface area contributed by atoms with Crippen LogP contribution in [0.4, 0.5) is 4.79 Å². The van der Waals surface area contributed by atoms with Crippen LogP contribution < -0.4 is 5.32 Å². The van der Waals surface area contributed by atoms with Crippen LogP contribution in [-0.4, -0.2) is 53.3 Å². The summed E-state index contributed by atoms with van der Waals surface area (Å²) in [5.74, 6) is -0.932. The van der Waals surface area contributed by atoms with Gasteiger partial charge in [-0.25, -0.2) is 9.59 Å². The van der Waals surface area contributed by atoms with Gasteiger partial charge in [-0.05, 0) is 40.0 Å². The van der Waals surface area contributed by atoms with Crippen molar-refractivity contribution in [3.8, 4) is 0 Å². The van der Waals surface area contributed by atoms with Crippen molar-refractivity contribution in [3.05, 3.63) is 0 Å². The van der Waals surface area contributed by atoms with Gasteiger partial charge in [0.2, 0.25) is 0 Å². The summed E-state index contributed by atoms with van der Waals surface area (Å²) in [7, 11) is 0. The maximum absolute atomic E-state index is 12.1. The molecule has 1 fully saturated rings. The molecule has 0 spiro atoms. The Hall–Kier alpha value is -1.30. The molecule has 1 rings (SSSR count). The molecule has 1 unspecified atom stereocenters. The molecule has 0 saturated carbocycles. The van der Waals surface area contributed by atoms with Crippen molar-refractivity contribution < 1.29 is 19.4 Å². The number of carboxylic acid groups (broad SMARTS) is 1. The highest BCUT2D eigenvalue weighted by Crippen LogP contribution is 2.17. The molecule has 0 bridgehead atoms. The number of carboxylic acids is 1. The highest BCUT2D eigenvalue weighted by Gasteiger charge is 2.32. The third-order valence-electron chi connectivity index (χ3n) is 3.25. The summed E-state index contributed by atoms with van der Waals surface area (Å²) in [6.07, 6.45) is 2.23. The minimum Gasteiger partial charge on any atom is -0.480 e. The summed E-state index contributed by atoms with van der Waals surface area (Å²) >= 11 is 0. The minimum absolute atomic E-state index is 0.320. The number of amides is 2. The molecule has 110 valence electrons. The molecule has 2 N–H and O–H groups in total. The maximum atomic E-state index is 12.1. The lowest BCUT2D eigenvalue weighted by Crippen LogP contribution is -2.54. The molecule has 1 saturated heterocycles. The molecule has 6 heteroatoms. The predicted molar refractivity (Wildman–Crippen MR) is 71.1 cm³/mol. The maximum Gasteiger partial charge on any atom is 0.326 e. The van der Waals surface area contributed by atoms with Gasteiger partial charge in [0.1, 0.15) is 6.04 Å². The van der Waals surface area contributed by atoms with Crippen LogP contribution in [0.15, 0.2) is 0 Å². The molecule has 0 aromatic rings. The fourth-order valence-corrected chi connectivity index (χ4v) is 2.26. The molecule has 1 heterocycles. The molecule has 2 amide bonds. The molecule has 1 aliphatic heterocycles. The lowest BCUT2D eigenvalue weighted by molar-refractivity contribution is -0.143. The lowest BCUT2D eigenvalue weighted by atomic mass is 10.0. The molecule has 0 aromatic carbocycles. The number of ether oxygens (including phenoxy) is 1. The highest BCUT2D eigenvalue weighted by atomic mass is 16.5. The number of nitrogens with one attached hydrogen (secondary N) is 1. The first-order valence-electron chi connectivity index (χ1n) is 6.78. The second-order valence-corrected chi connectivity index (χ2v) is 5.39. The molecule has 0 aromatic heterocycles. The second-order valence-electron chi connectivity index (χ2n) is 5.39. The van der Waals surface area contributed by atoms with Crippen LogP contribution in [0.2, 0.25) is 0 Å². The van der Waals surface area contributed by atoms with Crippen LogP contribution in [0, 0.1) is 0 Å². The Morgan fingerprint density at radius 3 is 2.68 bits per heavy atom. The van der Waals surface area contributed by atoms with Crippen molar-refractivity contribution in [2.75, 3.05) is 19.7 Å². The van der Waals surface area contributed by atoms with Gasteiger partial charge < -0.3 is 20.1 Å². The van der Waals surface area contributed by atoms with Crippen LogP contribution in [0.1, 0.15) is 40.0 Å². The van der Waals surface area contributed by atoms with E-state index in [1.54, 1.807) is 0 Å². The normalized spacial score (nSPS) is 20.2. The number of nitrogens with zero attached hydrogens (tertiary/aromatic N) is 1. The first kappa shape index (κ1) is 15.8.